The number of carbonyl (C=O) groups excluding carboxylic acids is 2. The Hall–Kier alpha value is -2.10. The molecule has 0 bridgehead atoms. The van der Waals surface area contributed by atoms with Crippen LogP contribution in [0.1, 0.15) is 33.3 Å². The Bertz CT molecular complexity index is 838. The highest BCUT2D eigenvalue weighted by Gasteiger charge is 2.22. The molecule has 0 aliphatic rings. The lowest BCUT2D eigenvalue weighted by molar-refractivity contribution is -0.119. The predicted molar refractivity (Wildman–Crippen MR) is 120 cm³/mol. The summed E-state index contributed by atoms with van der Waals surface area (Å²) in [5.41, 5.74) is 7.82. The normalized spacial score (nSPS) is 10.2. The van der Waals surface area contributed by atoms with Crippen LogP contribution < -0.4 is 16.2 Å². The zero-order valence-electron chi connectivity index (χ0n) is 16.0. The summed E-state index contributed by atoms with van der Waals surface area (Å²) in [4.78, 5) is 25.1. The molecule has 1 heterocycles. The van der Waals surface area contributed by atoms with E-state index in [1.54, 1.807) is 0 Å². The summed E-state index contributed by atoms with van der Waals surface area (Å²) < 4.78 is 4.88. The molecule has 1 aromatic carbocycles. The summed E-state index contributed by atoms with van der Waals surface area (Å²) in [5, 5.41) is 3.78. The molecular formula is C19H23N3O3S3. The third-order valence-corrected chi connectivity index (χ3v) is 6.11. The average Bonchev–Trinajstić information content (AvgIpc) is 3.01. The molecule has 0 aliphatic heterocycles. The first-order valence-electron chi connectivity index (χ1n) is 8.64. The molecule has 6 nitrogen and oxygen atoms in total. The fourth-order valence-electron chi connectivity index (χ4n) is 2.54. The van der Waals surface area contributed by atoms with Crippen LogP contribution in [0.2, 0.25) is 0 Å². The quantitative estimate of drug-likeness (QED) is 0.347. The Morgan fingerprint density at radius 2 is 1.93 bits per heavy atom. The van der Waals surface area contributed by atoms with E-state index in [1.165, 1.54) is 35.8 Å². The Morgan fingerprint density at radius 3 is 2.57 bits per heavy atom. The first-order chi connectivity index (χ1) is 13.5. The van der Waals surface area contributed by atoms with E-state index in [2.05, 4.69) is 16.2 Å². The van der Waals surface area contributed by atoms with Crippen molar-refractivity contribution < 1.29 is 14.3 Å². The van der Waals surface area contributed by atoms with Crippen LogP contribution in [0.4, 0.5) is 5.00 Å². The standard InChI is InChI=1S/C19H23N3O3S3/c1-4-14-12(2)28-17(16(14)18(24)25-3)20-19(26)22-21-15(23)11-27-10-13-8-6-5-7-9-13/h5-9H,4,10-11H2,1-3H3,(H,21,23)(H2,20,22,26). The van der Waals surface area contributed by atoms with Gasteiger partial charge in [-0.2, -0.15) is 0 Å². The van der Waals surface area contributed by atoms with Gasteiger partial charge in [-0.1, -0.05) is 37.3 Å². The smallest absolute Gasteiger partial charge is 0.341 e. The van der Waals surface area contributed by atoms with Crippen molar-refractivity contribution in [2.24, 2.45) is 0 Å². The average molecular weight is 438 g/mol. The van der Waals surface area contributed by atoms with Gasteiger partial charge in [0.05, 0.1) is 18.4 Å². The minimum atomic E-state index is -0.409. The van der Waals surface area contributed by atoms with Crippen molar-refractivity contribution in [2.75, 3.05) is 18.2 Å². The van der Waals surface area contributed by atoms with Crippen molar-refractivity contribution in [1.82, 2.24) is 10.9 Å². The SMILES string of the molecule is CCc1c(C)sc(NC(=S)NNC(=O)CSCc2ccccc2)c1C(=O)OC. The number of hydrogen-bond donors (Lipinski definition) is 3. The Balaban J connectivity index is 1.84. The predicted octanol–water partition coefficient (Wildman–Crippen LogP) is 3.66. The van der Waals surface area contributed by atoms with Gasteiger partial charge in [0.2, 0.25) is 5.91 Å². The molecular weight excluding hydrogens is 414 g/mol. The number of nitrogens with one attached hydrogen (secondary N) is 3. The van der Waals surface area contributed by atoms with Gasteiger partial charge in [0.1, 0.15) is 5.00 Å². The van der Waals surface area contributed by atoms with Gasteiger partial charge < -0.3 is 10.1 Å². The van der Waals surface area contributed by atoms with Gasteiger partial charge in [0.15, 0.2) is 5.11 Å². The fourth-order valence-corrected chi connectivity index (χ4v) is 4.69. The number of carbonyl (C=O) groups is 2. The van der Waals surface area contributed by atoms with Crippen LogP contribution >= 0.6 is 35.3 Å². The molecule has 9 heteroatoms. The molecule has 150 valence electrons. The zero-order chi connectivity index (χ0) is 20.5. The van der Waals surface area contributed by atoms with Crippen molar-refractivity contribution >= 4 is 57.3 Å². The van der Waals surface area contributed by atoms with Gasteiger partial charge in [-0.15, -0.1) is 23.1 Å². The number of esters is 1. The second-order valence-electron chi connectivity index (χ2n) is 5.79. The van der Waals surface area contributed by atoms with E-state index in [1.807, 2.05) is 44.2 Å². The molecule has 0 spiro atoms. The summed E-state index contributed by atoms with van der Waals surface area (Å²) in [6.07, 6.45) is 0.712. The summed E-state index contributed by atoms with van der Waals surface area (Å²) in [6, 6.07) is 9.95. The minimum absolute atomic E-state index is 0.185. The van der Waals surface area contributed by atoms with E-state index in [-0.39, 0.29) is 11.0 Å². The number of hydrogen-bond acceptors (Lipinski definition) is 6. The van der Waals surface area contributed by atoms with E-state index < -0.39 is 5.97 Å². The molecule has 0 unspecified atom stereocenters. The van der Waals surface area contributed by atoms with Crippen LogP contribution in [0.25, 0.3) is 0 Å². The number of thiocarbonyl (C=S) groups is 1. The lowest BCUT2D eigenvalue weighted by atomic mass is 10.1. The maximum Gasteiger partial charge on any atom is 0.341 e. The molecule has 0 saturated carbocycles. The summed E-state index contributed by atoms with van der Waals surface area (Å²) in [7, 11) is 1.35. The second kappa shape index (κ2) is 11.0. The molecule has 3 N–H and O–H groups in total. The largest absolute Gasteiger partial charge is 0.465 e. The van der Waals surface area contributed by atoms with Crippen molar-refractivity contribution in [2.45, 2.75) is 26.0 Å². The Morgan fingerprint density at radius 1 is 1.21 bits per heavy atom. The molecule has 2 rings (SSSR count). The summed E-state index contributed by atoms with van der Waals surface area (Å²) >= 11 is 8.17. The van der Waals surface area contributed by atoms with Gasteiger partial charge >= 0.3 is 5.97 Å². The monoisotopic (exact) mass is 437 g/mol. The van der Waals surface area contributed by atoms with Crippen LogP contribution in [0, 0.1) is 6.92 Å². The number of amides is 1. The molecule has 0 saturated heterocycles. The van der Waals surface area contributed by atoms with Crippen LogP contribution in [0.3, 0.4) is 0 Å². The van der Waals surface area contributed by atoms with Crippen molar-refractivity contribution in [3.8, 4) is 0 Å². The van der Waals surface area contributed by atoms with Gasteiger partial charge in [-0.25, -0.2) is 4.79 Å². The molecule has 1 amide bonds. The highest BCUT2D eigenvalue weighted by atomic mass is 32.2. The number of benzene rings is 1. The van der Waals surface area contributed by atoms with Gasteiger partial charge in [0, 0.05) is 10.6 Å². The van der Waals surface area contributed by atoms with Crippen molar-refractivity contribution in [3.63, 3.8) is 0 Å². The summed E-state index contributed by atoms with van der Waals surface area (Å²) in [5.74, 6) is 0.465. The molecule has 0 atom stereocenters. The highest BCUT2D eigenvalue weighted by Crippen LogP contribution is 2.33. The molecule has 0 fully saturated rings. The summed E-state index contributed by atoms with van der Waals surface area (Å²) in [6.45, 7) is 3.93. The third kappa shape index (κ3) is 6.22. The first kappa shape index (κ1) is 22.2. The molecule has 0 radical (unpaired) electrons. The Labute approximate surface area is 178 Å². The van der Waals surface area contributed by atoms with E-state index in [0.717, 1.165) is 16.2 Å². The highest BCUT2D eigenvalue weighted by molar-refractivity contribution is 7.99. The second-order valence-corrected chi connectivity index (χ2v) is 8.41. The number of ether oxygens (including phenoxy) is 1. The molecule has 1 aromatic heterocycles. The Kier molecular flexibility index (Phi) is 8.75. The van der Waals surface area contributed by atoms with E-state index >= 15 is 0 Å². The van der Waals surface area contributed by atoms with E-state index in [4.69, 9.17) is 17.0 Å². The lowest BCUT2D eigenvalue weighted by Gasteiger charge is -2.12. The maximum atomic E-state index is 12.1. The first-order valence-corrected chi connectivity index (χ1v) is 11.0. The third-order valence-electron chi connectivity index (χ3n) is 3.84. The van der Waals surface area contributed by atoms with Crippen LogP contribution in [-0.2, 0) is 21.7 Å². The van der Waals surface area contributed by atoms with E-state index in [0.29, 0.717) is 22.7 Å². The number of anilines is 1. The molecule has 2 aromatic rings. The number of methoxy groups -OCH3 is 1. The van der Waals surface area contributed by atoms with Crippen LogP contribution in [-0.4, -0.2) is 29.9 Å². The zero-order valence-corrected chi connectivity index (χ0v) is 18.4. The van der Waals surface area contributed by atoms with Crippen LogP contribution in [0.5, 0.6) is 0 Å². The topological polar surface area (TPSA) is 79.5 Å². The fraction of sp³-hybridized carbons (Fsp3) is 0.316. The number of thioether (sulfide) groups is 1. The van der Waals surface area contributed by atoms with Crippen LogP contribution in [0.15, 0.2) is 30.3 Å². The number of rotatable bonds is 7. The number of thiophene rings is 1. The van der Waals surface area contributed by atoms with E-state index in [9.17, 15) is 9.59 Å². The minimum Gasteiger partial charge on any atom is -0.465 e. The van der Waals surface area contributed by atoms with Crippen molar-refractivity contribution in [3.05, 3.63) is 51.9 Å². The van der Waals surface area contributed by atoms with Crippen molar-refractivity contribution in [1.29, 1.82) is 0 Å². The lowest BCUT2D eigenvalue weighted by Crippen LogP contribution is -2.44. The van der Waals surface area contributed by atoms with Gasteiger partial charge in [0.25, 0.3) is 0 Å². The maximum absolute atomic E-state index is 12.1. The number of aryl methyl sites for hydroxylation is 1. The van der Waals surface area contributed by atoms with Gasteiger partial charge in [-0.05, 0) is 36.7 Å². The molecule has 28 heavy (non-hydrogen) atoms. The number of hydrazine groups is 1. The molecule has 0 aliphatic carbocycles. The van der Waals surface area contributed by atoms with Gasteiger partial charge in [-0.3, -0.25) is 15.6 Å².